The van der Waals surface area contributed by atoms with E-state index in [1.807, 2.05) is 60.0 Å². The van der Waals surface area contributed by atoms with E-state index in [0.717, 1.165) is 38.3 Å². The zero-order valence-electron chi connectivity index (χ0n) is 20.0. The van der Waals surface area contributed by atoms with E-state index >= 15 is 0 Å². The monoisotopic (exact) mass is 514 g/mol. The van der Waals surface area contributed by atoms with E-state index < -0.39 is 6.09 Å². The van der Waals surface area contributed by atoms with Crippen molar-refractivity contribution in [3.05, 3.63) is 77.8 Å². The number of fused-ring (bicyclic) bond motifs is 1. The smallest absolute Gasteiger partial charge is 0.407 e. The van der Waals surface area contributed by atoms with Gasteiger partial charge >= 0.3 is 6.09 Å². The number of ether oxygens (including phenoxy) is 1. The van der Waals surface area contributed by atoms with Crippen molar-refractivity contribution < 1.29 is 19.4 Å². The van der Waals surface area contributed by atoms with Crippen molar-refractivity contribution in [3.8, 4) is 22.6 Å². The number of nitrogen functional groups attached to an aromatic ring is 1. The summed E-state index contributed by atoms with van der Waals surface area (Å²) in [6, 6.07) is 17.4. The molecule has 2 amide bonds. The number of rotatable bonds is 6. The van der Waals surface area contributed by atoms with Gasteiger partial charge in [0, 0.05) is 52.6 Å². The van der Waals surface area contributed by atoms with Crippen molar-refractivity contribution in [2.75, 3.05) is 18.8 Å². The second-order valence-corrected chi connectivity index (χ2v) is 9.66. The number of pyridine rings is 1. The topological polar surface area (TPSA) is 118 Å². The first-order chi connectivity index (χ1) is 18.0. The number of nitrogens with one attached hydrogen (secondary N) is 1. The van der Waals surface area contributed by atoms with Gasteiger partial charge in [-0.25, -0.2) is 9.78 Å². The molecule has 5 rings (SSSR count). The fourth-order valence-electron chi connectivity index (χ4n) is 4.38. The Balaban J connectivity index is 1.30. The molecule has 8 nitrogen and oxygen atoms in total. The number of benzene rings is 2. The van der Waals surface area contributed by atoms with Crippen LogP contribution in [-0.4, -0.2) is 46.1 Å². The number of likely N-dealkylation sites (tertiary alicyclic amines) is 1. The van der Waals surface area contributed by atoms with E-state index in [1.165, 1.54) is 11.0 Å². The third kappa shape index (κ3) is 5.57. The number of carboxylic acid groups (broad SMARTS) is 1. The molecule has 1 saturated heterocycles. The van der Waals surface area contributed by atoms with Crippen LogP contribution in [-0.2, 0) is 4.79 Å². The molecule has 0 unspecified atom stereocenters. The van der Waals surface area contributed by atoms with Crippen LogP contribution in [0.15, 0.2) is 72.3 Å². The van der Waals surface area contributed by atoms with Crippen molar-refractivity contribution in [1.82, 2.24) is 15.2 Å². The molecule has 37 heavy (non-hydrogen) atoms. The number of piperidine rings is 1. The van der Waals surface area contributed by atoms with Gasteiger partial charge in [-0.15, -0.1) is 11.3 Å². The molecule has 0 spiro atoms. The number of nitrogens with two attached hydrogens (primary N) is 1. The average molecular weight is 515 g/mol. The summed E-state index contributed by atoms with van der Waals surface area (Å²) in [6.07, 6.45) is 5.19. The number of carbonyl (C=O) groups excluding carboxylic acids is 1. The van der Waals surface area contributed by atoms with Crippen LogP contribution in [0, 0.1) is 0 Å². The molecule has 0 atom stereocenters. The summed E-state index contributed by atoms with van der Waals surface area (Å²) in [5.74, 6) is 1.73. The van der Waals surface area contributed by atoms with Gasteiger partial charge in [0.1, 0.15) is 17.3 Å². The van der Waals surface area contributed by atoms with Crippen LogP contribution in [0.25, 0.3) is 27.3 Å². The minimum absolute atomic E-state index is 0.0421. The number of carbonyl (C=O) groups is 2. The predicted molar refractivity (Wildman–Crippen MR) is 146 cm³/mol. The van der Waals surface area contributed by atoms with Gasteiger partial charge in [0.05, 0.1) is 0 Å². The number of hydrogen-bond donors (Lipinski definition) is 3. The maximum atomic E-state index is 12.5. The molecule has 188 valence electrons. The number of thiophene rings is 1. The molecule has 1 aliphatic rings. The molecule has 1 aliphatic heterocycles. The lowest BCUT2D eigenvalue weighted by Gasteiger charge is -2.30. The van der Waals surface area contributed by atoms with Crippen molar-refractivity contribution in [2.24, 2.45) is 0 Å². The van der Waals surface area contributed by atoms with Crippen LogP contribution < -0.4 is 15.8 Å². The highest BCUT2D eigenvalue weighted by Gasteiger charge is 2.22. The Bertz CT molecular complexity index is 1440. The Morgan fingerprint density at radius 3 is 2.49 bits per heavy atom. The Labute approximate surface area is 218 Å². The first-order valence-corrected chi connectivity index (χ1v) is 12.8. The van der Waals surface area contributed by atoms with Crippen molar-refractivity contribution in [3.63, 3.8) is 0 Å². The Hall–Kier alpha value is -4.37. The van der Waals surface area contributed by atoms with Crippen molar-refractivity contribution in [2.45, 2.75) is 18.9 Å². The van der Waals surface area contributed by atoms with Gasteiger partial charge in [0.2, 0.25) is 5.91 Å². The number of hydrogen-bond acceptors (Lipinski definition) is 6. The highest BCUT2D eigenvalue weighted by atomic mass is 32.1. The summed E-state index contributed by atoms with van der Waals surface area (Å²) in [7, 11) is 0. The van der Waals surface area contributed by atoms with Gasteiger partial charge in [0.15, 0.2) is 0 Å². The van der Waals surface area contributed by atoms with Gasteiger partial charge in [-0.3, -0.25) is 4.79 Å². The van der Waals surface area contributed by atoms with E-state index in [9.17, 15) is 9.59 Å². The van der Waals surface area contributed by atoms with Crippen molar-refractivity contribution >= 4 is 45.3 Å². The molecule has 0 radical (unpaired) electrons. The van der Waals surface area contributed by atoms with Gasteiger partial charge in [-0.1, -0.05) is 30.3 Å². The molecule has 9 heteroatoms. The summed E-state index contributed by atoms with van der Waals surface area (Å²) in [5.41, 5.74) is 9.05. The summed E-state index contributed by atoms with van der Waals surface area (Å²) in [5, 5.41) is 14.9. The molecule has 0 bridgehead atoms. The van der Waals surface area contributed by atoms with Crippen LogP contribution in [0.3, 0.4) is 0 Å². The fourth-order valence-corrected chi connectivity index (χ4v) is 5.45. The van der Waals surface area contributed by atoms with E-state index in [4.69, 9.17) is 15.6 Å². The number of amides is 2. The highest BCUT2D eigenvalue weighted by molar-refractivity contribution is 7.18. The van der Waals surface area contributed by atoms with Crippen LogP contribution in [0.2, 0.25) is 0 Å². The standard InChI is InChI=1S/C28H26N4O4S/c29-27-25-23(18-6-9-22(10-7-18)36-21-4-2-1-3-5-21)17-37-26(25)19(16-30-27)8-11-24(33)31-20-12-14-32(15-13-20)28(34)35/h1-11,16-17,20H,12-15H2,(H2,29,30)(H,31,33)(H,34,35)/b11-8+. The SMILES string of the molecule is Nc1ncc(/C=C/C(=O)NC2CCN(C(=O)O)CC2)c2scc(-c3ccc(Oc4ccccc4)cc3)c12. The third-order valence-electron chi connectivity index (χ3n) is 6.32. The molecule has 0 aliphatic carbocycles. The van der Waals surface area contributed by atoms with Gasteiger partial charge in [0.25, 0.3) is 0 Å². The molecule has 4 N–H and O–H groups in total. The molecule has 0 saturated carbocycles. The normalized spacial score (nSPS) is 14.2. The number of nitrogens with zero attached hydrogens (tertiary/aromatic N) is 2. The Kier molecular flexibility index (Phi) is 7.04. The largest absolute Gasteiger partial charge is 0.465 e. The number of para-hydroxylation sites is 1. The molecule has 3 heterocycles. The fraction of sp³-hybridized carbons (Fsp3) is 0.179. The van der Waals surface area contributed by atoms with Crippen LogP contribution in [0.1, 0.15) is 18.4 Å². The summed E-state index contributed by atoms with van der Waals surface area (Å²) >= 11 is 1.55. The lowest BCUT2D eigenvalue weighted by Crippen LogP contribution is -2.45. The van der Waals surface area contributed by atoms with E-state index in [-0.39, 0.29) is 11.9 Å². The minimum Gasteiger partial charge on any atom is -0.465 e. The predicted octanol–water partition coefficient (Wildman–Crippen LogP) is 5.61. The first kappa shape index (κ1) is 24.3. The summed E-state index contributed by atoms with van der Waals surface area (Å²) < 4.78 is 6.85. The molecule has 2 aromatic carbocycles. The van der Waals surface area contributed by atoms with Gasteiger partial charge < -0.3 is 25.8 Å². The summed E-state index contributed by atoms with van der Waals surface area (Å²) in [6.45, 7) is 0.841. The average Bonchev–Trinajstić information content (AvgIpc) is 3.36. The molecular weight excluding hydrogens is 488 g/mol. The van der Waals surface area contributed by atoms with E-state index in [2.05, 4.69) is 10.3 Å². The van der Waals surface area contributed by atoms with Crippen molar-refractivity contribution in [1.29, 1.82) is 0 Å². The van der Waals surface area contributed by atoms with Crippen LogP contribution >= 0.6 is 11.3 Å². The second-order valence-electron chi connectivity index (χ2n) is 8.78. The van der Waals surface area contributed by atoms with E-state index in [1.54, 1.807) is 23.6 Å². The Morgan fingerprint density at radius 1 is 1.08 bits per heavy atom. The zero-order valence-corrected chi connectivity index (χ0v) is 20.8. The van der Waals surface area contributed by atoms with Crippen LogP contribution in [0.4, 0.5) is 10.6 Å². The second kappa shape index (κ2) is 10.7. The minimum atomic E-state index is -0.920. The lowest BCUT2D eigenvalue weighted by atomic mass is 10.0. The molecule has 1 fully saturated rings. The van der Waals surface area contributed by atoms with Gasteiger partial charge in [-0.05, 0) is 54.1 Å². The van der Waals surface area contributed by atoms with Crippen LogP contribution in [0.5, 0.6) is 11.5 Å². The molecule has 4 aromatic rings. The Morgan fingerprint density at radius 2 is 1.78 bits per heavy atom. The molecule has 2 aromatic heterocycles. The quantitative estimate of drug-likeness (QED) is 0.288. The maximum Gasteiger partial charge on any atom is 0.407 e. The first-order valence-electron chi connectivity index (χ1n) is 11.9. The summed E-state index contributed by atoms with van der Waals surface area (Å²) in [4.78, 5) is 29.3. The molecular formula is C28H26N4O4S. The van der Waals surface area contributed by atoms with E-state index in [0.29, 0.717) is 31.7 Å². The third-order valence-corrected chi connectivity index (χ3v) is 7.35. The number of aromatic nitrogens is 1. The number of anilines is 1. The lowest BCUT2D eigenvalue weighted by molar-refractivity contribution is -0.117. The van der Waals surface area contributed by atoms with Gasteiger partial charge in [-0.2, -0.15) is 0 Å². The zero-order chi connectivity index (χ0) is 25.8. The highest BCUT2D eigenvalue weighted by Crippen LogP contribution is 2.39. The maximum absolute atomic E-state index is 12.5.